The van der Waals surface area contributed by atoms with Crippen molar-refractivity contribution in [3.05, 3.63) is 47.0 Å². The summed E-state index contributed by atoms with van der Waals surface area (Å²) >= 11 is 0. The Morgan fingerprint density at radius 2 is 1.48 bits per heavy atom. The molecule has 134 valence electrons. The summed E-state index contributed by atoms with van der Waals surface area (Å²) in [6, 6.07) is 9.68. The molecular weight excluding hydrogens is 318 g/mol. The number of rotatable bonds is 7. The summed E-state index contributed by atoms with van der Waals surface area (Å²) in [6.07, 6.45) is 2.88. The highest BCUT2D eigenvalue weighted by atomic mass is 16.5. The molecule has 25 heavy (non-hydrogen) atoms. The van der Waals surface area contributed by atoms with Crippen LogP contribution in [0.4, 0.5) is 5.69 Å². The topological polar surface area (TPSA) is 62.9 Å². The van der Waals surface area contributed by atoms with Crippen molar-refractivity contribution in [1.29, 1.82) is 0 Å². The van der Waals surface area contributed by atoms with Gasteiger partial charge in [0.2, 0.25) is 5.75 Å². The summed E-state index contributed by atoms with van der Waals surface area (Å²) in [7, 11) is 6.43. The molecule has 0 amide bonds. The van der Waals surface area contributed by atoms with Crippen molar-refractivity contribution in [2.24, 2.45) is 0 Å². The summed E-state index contributed by atoms with van der Waals surface area (Å²) in [5, 5.41) is 0. The monoisotopic (exact) mass is 343 g/mol. The molecule has 2 aromatic rings. The van der Waals surface area contributed by atoms with E-state index in [0.717, 1.165) is 17.5 Å². The second kappa shape index (κ2) is 8.33. The first-order chi connectivity index (χ1) is 12.0. The van der Waals surface area contributed by atoms with Crippen LogP contribution >= 0.6 is 0 Å². The van der Waals surface area contributed by atoms with E-state index in [1.54, 1.807) is 28.4 Å². The average Bonchev–Trinajstić information content (AvgIpc) is 2.62. The van der Waals surface area contributed by atoms with Gasteiger partial charge in [0.25, 0.3) is 0 Å². The molecular formula is C20H25NO4. The van der Waals surface area contributed by atoms with E-state index in [1.165, 1.54) is 5.57 Å². The van der Waals surface area contributed by atoms with Crippen LogP contribution in [0.15, 0.2) is 35.9 Å². The van der Waals surface area contributed by atoms with E-state index in [9.17, 15) is 0 Å². The molecule has 0 spiro atoms. The molecule has 0 aromatic heterocycles. The lowest BCUT2D eigenvalue weighted by Crippen LogP contribution is -1.96. The first-order valence-electron chi connectivity index (χ1n) is 7.92. The molecule has 0 bridgehead atoms. The summed E-state index contributed by atoms with van der Waals surface area (Å²) in [6.45, 7) is 2.08. The molecule has 2 aromatic carbocycles. The van der Waals surface area contributed by atoms with Crippen molar-refractivity contribution < 1.29 is 18.9 Å². The molecule has 0 atom stereocenters. The first kappa shape index (κ1) is 18.5. The van der Waals surface area contributed by atoms with Crippen LogP contribution in [0.1, 0.15) is 18.1 Å². The molecule has 2 N–H and O–H groups in total. The molecule has 0 aliphatic rings. The maximum Gasteiger partial charge on any atom is 0.203 e. The molecule has 0 heterocycles. The molecule has 0 radical (unpaired) electrons. The number of nitrogens with two attached hydrogens (primary N) is 1. The van der Waals surface area contributed by atoms with Gasteiger partial charge in [0, 0.05) is 0 Å². The molecule has 0 aliphatic heterocycles. The average molecular weight is 343 g/mol. The van der Waals surface area contributed by atoms with Gasteiger partial charge in [-0.15, -0.1) is 0 Å². The Kier molecular flexibility index (Phi) is 6.17. The van der Waals surface area contributed by atoms with Gasteiger partial charge in [-0.1, -0.05) is 17.7 Å². The van der Waals surface area contributed by atoms with E-state index < -0.39 is 0 Å². The third kappa shape index (κ3) is 4.38. The van der Waals surface area contributed by atoms with E-state index in [4.69, 9.17) is 24.7 Å². The van der Waals surface area contributed by atoms with Crippen molar-refractivity contribution in [2.75, 3.05) is 34.2 Å². The number of nitrogen functional groups attached to an aromatic ring is 1. The third-order valence-electron chi connectivity index (χ3n) is 3.88. The Labute approximate surface area is 149 Å². The van der Waals surface area contributed by atoms with E-state index in [0.29, 0.717) is 28.7 Å². The van der Waals surface area contributed by atoms with Crippen LogP contribution in [0.5, 0.6) is 23.0 Å². The van der Waals surface area contributed by atoms with Crippen molar-refractivity contribution in [3.63, 3.8) is 0 Å². The van der Waals surface area contributed by atoms with Crippen molar-refractivity contribution in [2.45, 2.75) is 13.3 Å². The second-order valence-electron chi connectivity index (χ2n) is 5.70. The standard InChI is InChI=1S/C20H25NO4/c1-13(8-14-6-7-16(21)17(10-14)22-2)9-15-11-18(23-3)20(25-5)19(12-15)24-4/h6-7,9-12H,8,21H2,1-5H3/b13-9+. The number of hydrogen-bond donors (Lipinski definition) is 1. The van der Waals surface area contributed by atoms with Gasteiger partial charge in [-0.05, 0) is 48.7 Å². The van der Waals surface area contributed by atoms with Crippen LogP contribution in [0.2, 0.25) is 0 Å². The van der Waals surface area contributed by atoms with Gasteiger partial charge in [0.15, 0.2) is 11.5 Å². The number of benzene rings is 2. The Balaban J connectivity index is 2.30. The van der Waals surface area contributed by atoms with Gasteiger partial charge in [-0.3, -0.25) is 0 Å². The minimum absolute atomic E-state index is 0.586. The van der Waals surface area contributed by atoms with Crippen molar-refractivity contribution in [3.8, 4) is 23.0 Å². The lowest BCUT2D eigenvalue weighted by molar-refractivity contribution is 0.324. The lowest BCUT2D eigenvalue weighted by atomic mass is 10.0. The second-order valence-corrected chi connectivity index (χ2v) is 5.70. The number of methoxy groups -OCH3 is 4. The minimum Gasteiger partial charge on any atom is -0.495 e. The fourth-order valence-electron chi connectivity index (χ4n) is 2.71. The predicted molar refractivity (Wildman–Crippen MR) is 101 cm³/mol. The highest BCUT2D eigenvalue weighted by Gasteiger charge is 2.12. The van der Waals surface area contributed by atoms with Gasteiger partial charge in [-0.25, -0.2) is 0 Å². The number of anilines is 1. The zero-order valence-electron chi connectivity index (χ0n) is 15.4. The Hall–Kier alpha value is -2.82. The molecule has 2 rings (SSSR count). The Morgan fingerprint density at radius 3 is 2.00 bits per heavy atom. The maximum atomic E-state index is 5.87. The zero-order valence-corrected chi connectivity index (χ0v) is 15.4. The predicted octanol–water partition coefficient (Wildman–Crippen LogP) is 3.95. The van der Waals surface area contributed by atoms with Crippen LogP contribution in [0.3, 0.4) is 0 Å². The number of ether oxygens (including phenoxy) is 4. The minimum atomic E-state index is 0.586. The smallest absolute Gasteiger partial charge is 0.203 e. The molecule has 0 fully saturated rings. The fourth-order valence-corrected chi connectivity index (χ4v) is 2.71. The summed E-state index contributed by atoms with van der Waals surface area (Å²) < 4.78 is 21.4. The molecule has 0 saturated carbocycles. The summed E-state index contributed by atoms with van der Waals surface area (Å²) in [5.74, 6) is 2.55. The molecule has 5 nitrogen and oxygen atoms in total. The summed E-state index contributed by atoms with van der Waals surface area (Å²) in [4.78, 5) is 0. The van der Waals surface area contributed by atoms with Gasteiger partial charge in [-0.2, -0.15) is 0 Å². The van der Waals surface area contributed by atoms with Crippen molar-refractivity contribution in [1.82, 2.24) is 0 Å². The number of allylic oxidation sites excluding steroid dienone is 1. The Morgan fingerprint density at radius 1 is 0.880 bits per heavy atom. The largest absolute Gasteiger partial charge is 0.495 e. The van der Waals surface area contributed by atoms with Gasteiger partial charge in [0.1, 0.15) is 5.75 Å². The van der Waals surface area contributed by atoms with Crippen molar-refractivity contribution >= 4 is 11.8 Å². The lowest BCUT2D eigenvalue weighted by Gasteiger charge is -2.13. The van der Waals surface area contributed by atoms with E-state index in [2.05, 4.69) is 13.0 Å². The van der Waals surface area contributed by atoms with Gasteiger partial charge in [0.05, 0.1) is 34.1 Å². The van der Waals surface area contributed by atoms with E-state index in [-0.39, 0.29) is 0 Å². The normalized spacial score (nSPS) is 11.2. The van der Waals surface area contributed by atoms with E-state index in [1.807, 2.05) is 30.3 Å². The van der Waals surface area contributed by atoms with Crippen LogP contribution in [-0.2, 0) is 6.42 Å². The molecule has 5 heteroatoms. The SMILES string of the molecule is COc1cc(C/C(C)=C/c2cc(OC)c(OC)c(OC)c2)ccc1N. The van der Waals surface area contributed by atoms with Gasteiger partial charge < -0.3 is 24.7 Å². The summed E-state index contributed by atoms with van der Waals surface area (Å²) in [5.41, 5.74) is 9.80. The van der Waals surface area contributed by atoms with Crippen LogP contribution in [-0.4, -0.2) is 28.4 Å². The van der Waals surface area contributed by atoms with E-state index >= 15 is 0 Å². The highest BCUT2D eigenvalue weighted by Crippen LogP contribution is 2.38. The molecule has 0 saturated heterocycles. The third-order valence-corrected chi connectivity index (χ3v) is 3.88. The molecule has 0 aliphatic carbocycles. The zero-order chi connectivity index (χ0) is 18.4. The maximum absolute atomic E-state index is 5.87. The van der Waals surface area contributed by atoms with Crippen LogP contribution < -0.4 is 24.7 Å². The Bertz CT molecular complexity index is 743. The number of hydrogen-bond acceptors (Lipinski definition) is 5. The highest BCUT2D eigenvalue weighted by molar-refractivity contribution is 5.64. The fraction of sp³-hybridized carbons (Fsp3) is 0.300. The van der Waals surface area contributed by atoms with Crippen LogP contribution in [0, 0.1) is 0 Å². The quantitative estimate of drug-likeness (QED) is 0.771. The van der Waals surface area contributed by atoms with Gasteiger partial charge >= 0.3 is 0 Å². The first-order valence-corrected chi connectivity index (χ1v) is 7.92. The van der Waals surface area contributed by atoms with Crippen LogP contribution in [0.25, 0.3) is 6.08 Å². The molecule has 0 unspecified atom stereocenters.